The van der Waals surface area contributed by atoms with Gasteiger partial charge in [-0.25, -0.2) is 0 Å². The van der Waals surface area contributed by atoms with Gasteiger partial charge in [-0.3, -0.25) is 0 Å². The van der Waals surface area contributed by atoms with Crippen LogP contribution in [0, 0.1) is 50.7 Å². The maximum Gasteiger partial charge on any atom is 0.187 e. The van der Waals surface area contributed by atoms with Gasteiger partial charge in [0.05, 0.1) is 49.3 Å². The zero-order valence-corrected chi connectivity index (χ0v) is 38.3. The molecule has 364 valence electrons. The van der Waals surface area contributed by atoms with E-state index in [9.17, 15) is 56.2 Å². The maximum absolute atomic E-state index is 12.5. The van der Waals surface area contributed by atoms with Crippen LogP contribution in [0.1, 0.15) is 113 Å². The Kier molecular flexibility index (Phi) is 13.0. The Labute approximate surface area is 371 Å². The molecule has 0 amide bonds. The van der Waals surface area contributed by atoms with E-state index in [1.54, 1.807) is 20.8 Å². The molecule has 5 aliphatic carbocycles. The first-order chi connectivity index (χ1) is 29.3. The number of fused-ring (bicyclic) bond motifs is 2. The van der Waals surface area contributed by atoms with Crippen molar-refractivity contribution < 1.29 is 84.6 Å². The van der Waals surface area contributed by atoms with Crippen molar-refractivity contribution in [2.24, 2.45) is 50.7 Å². The Morgan fingerprint density at radius 1 is 0.683 bits per heavy atom. The highest BCUT2D eigenvalue weighted by atomic mass is 16.8. The lowest BCUT2D eigenvalue weighted by molar-refractivity contribution is -0.353. The highest BCUT2D eigenvalue weighted by molar-refractivity contribution is 5.34. The van der Waals surface area contributed by atoms with Gasteiger partial charge >= 0.3 is 0 Å². The largest absolute Gasteiger partial charge is 0.393 e. The van der Waals surface area contributed by atoms with Gasteiger partial charge in [-0.2, -0.15) is 0 Å². The number of hydrogen-bond donors (Lipinski definition) is 11. The monoisotopic (exact) mass is 903 g/mol. The lowest BCUT2D eigenvalue weighted by atomic mass is 9.40. The van der Waals surface area contributed by atoms with Crippen molar-refractivity contribution in [3.05, 3.63) is 0 Å². The van der Waals surface area contributed by atoms with Crippen LogP contribution in [0.5, 0.6) is 0 Å². The second-order valence-corrected chi connectivity index (χ2v) is 23.0. The van der Waals surface area contributed by atoms with Gasteiger partial charge < -0.3 is 84.6 Å². The topological polar surface area (TPSA) is 278 Å². The lowest BCUT2D eigenvalue weighted by Crippen LogP contribution is -2.65. The van der Waals surface area contributed by atoms with E-state index in [1.165, 1.54) is 0 Å². The molecule has 5 saturated carbocycles. The van der Waals surface area contributed by atoms with Crippen molar-refractivity contribution in [1.29, 1.82) is 0 Å². The minimum atomic E-state index is -1.65. The smallest absolute Gasteiger partial charge is 0.187 e. The van der Waals surface area contributed by atoms with Crippen molar-refractivity contribution in [3.8, 4) is 0 Å². The molecule has 17 nitrogen and oxygen atoms in total. The highest BCUT2D eigenvalue weighted by Crippen LogP contribution is 2.89. The summed E-state index contributed by atoms with van der Waals surface area (Å²) in [6.07, 6.45) is -13.8. The second kappa shape index (κ2) is 16.8. The Bertz CT molecular complexity index is 1630. The van der Waals surface area contributed by atoms with Gasteiger partial charge in [0.1, 0.15) is 54.9 Å². The first-order valence-electron chi connectivity index (χ1n) is 23.6. The molecule has 16 unspecified atom stereocenters. The van der Waals surface area contributed by atoms with Gasteiger partial charge in [-0.15, -0.1) is 0 Å². The molecule has 8 aliphatic rings. The van der Waals surface area contributed by atoms with E-state index >= 15 is 0 Å². The van der Waals surface area contributed by atoms with Gasteiger partial charge in [-0.05, 0) is 117 Å². The predicted molar refractivity (Wildman–Crippen MR) is 221 cm³/mol. The van der Waals surface area contributed by atoms with Crippen molar-refractivity contribution in [1.82, 2.24) is 0 Å². The Morgan fingerprint density at radius 3 is 1.98 bits per heavy atom. The van der Waals surface area contributed by atoms with Crippen LogP contribution in [-0.2, 0) is 28.4 Å². The molecule has 8 fully saturated rings. The second-order valence-electron chi connectivity index (χ2n) is 23.0. The highest BCUT2D eigenvalue weighted by Gasteiger charge is 2.86. The summed E-state index contributed by atoms with van der Waals surface area (Å²) in [6.45, 7) is 15.5. The molecule has 0 bridgehead atoms. The van der Waals surface area contributed by atoms with Gasteiger partial charge in [0.15, 0.2) is 18.9 Å². The summed E-state index contributed by atoms with van der Waals surface area (Å²) in [5.74, 6) is 0.384. The van der Waals surface area contributed by atoms with Crippen molar-refractivity contribution >= 4 is 0 Å². The molecule has 3 heterocycles. The molecule has 2 spiro atoms. The molecule has 17 heteroatoms. The fraction of sp³-hybridized carbons (Fsp3) is 1.00. The molecular formula is C46H78O17. The van der Waals surface area contributed by atoms with Crippen LogP contribution >= 0.6 is 0 Å². The zero-order chi connectivity index (χ0) is 46.1. The summed E-state index contributed by atoms with van der Waals surface area (Å²) in [6, 6.07) is 0. The van der Waals surface area contributed by atoms with Crippen molar-refractivity contribution in [2.75, 3.05) is 13.2 Å². The summed E-state index contributed by atoms with van der Waals surface area (Å²) in [4.78, 5) is 0. The molecule has 0 aromatic heterocycles. The summed E-state index contributed by atoms with van der Waals surface area (Å²) >= 11 is 0. The number of hydrogen-bond acceptors (Lipinski definition) is 17. The zero-order valence-electron chi connectivity index (χ0n) is 38.3. The number of aliphatic hydroxyl groups excluding tert-OH is 10. The van der Waals surface area contributed by atoms with Crippen LogP contribution in [-0.4, -0.2) is 179 Å². The van der Waals surface area contributed by atoms with Crippen molar-refractivity contribution in [2.45, 2.75) is 223 Å². The first-order valence-corrected chi connectivity index (χ1v) is 23.6. The average molecular weight is 903 g/mol. The van der Waals surface area contributed by atoms with E-state index < -0.39 is 121 Å². The molecule has 8 rings (SSSR count). The van der Waals surface area contributed by atoms with Crippen LogP contribution < -0.4 is 0 Å². The van der Waals surface area contributed by atoms with Gasteiger partial charge in [0.25, 0.3) is 0 Å². The molecule has 63 heavy (non-hydrogen) atoms. The van der Waals surface area contributed by atoms with Crippen LogP contribution in [0.4, 0.5) is 0 Å². The molecule has 25 atom stereocenters. The Morgan fingerprint density at radius 2 is 1.32 bits per heavy atom. The van der Waals surface area contributed by atoms with E-state index in [0.717, 1.165) is 32.1 Å². The molecule has 0 aromatic carbocycles. The SMILES string of the molecule is CC1OC(O[C@H]2C[C@H](O)[C@]34C[C@]35CC[C@]3(C)C([C@H](C)CC[C@H](OC6OCC(O)C(O)C6OC6OCC(O)C(O)C6O)C(C)(C)O)CC[C@@]3(C)C5[C@@H](O)CC4C2(C)C)C(O)C(O)C1O. The van der Waals surface area contributed by atoms with E-state index in [4.69, 9.17) is 28.4 Å². The van der Waals surface area contributed by atoms with Crippen LogP contribution in [0.25, 0.3) is 0 Å². The van der Waals surface area contributed by atoms with E-state index in [-0.39, 0.29) is 53.1 Å². The predicted octanol–water partition coefficient (Wildman–Crippen LogP) is 0.0545. The van der Waals surface area contributed by atoms with Crippen LogP contribution in [0.3, 0.4) is 0 Å². The third-order valence-electron chi connectivity index (χ3n) is 19.1. The third kappa shape index (κ3) is 7.53. The summed E-state index contributed by atoms with van der Waals surface area (Å²) in [7, 11) is 0. The Balaban J connectivity index is 0.954. The molecule has 0 radical (unpaired) electrons. The fourth-order valence-corrected chi connectivity index (χ4v) is 15.2. The third-order valence-corrected chi connectivity index (χ3v) is 19.1. The molecule has 3 aliphatic heterocycles. The van der Waals surface area contributed by atoms with E-state index in [0.29, 0.717) is 25.7 Å². The van der Waals surface area contributed by atoms with Gasteiger partial charge in [-0.1, -0.05) is 34.6 Å². The number of ether oxygens (including phenoxy) is 6. The molecule has 3 saturated heterocycles. The molecular weight excluding hydrogens is 824 g/mol. The maximum atomic E-state index is 12.5. The van der Waals surface area contributed by atoms with Gasteiger partial charge in [0, 0.05) is 11.8 Å². The average Bonchev–Trinajstić information content (AvgIpc) is 3.81. The standard InChI is InChI=1S/C46H78O17/c1-20(9-10-28(42(5,6)57)61-40-36(32(53)25(49)18-59-40)63-38-34(55)31(52)24(48)17-58-38)22-11-12-44(8)37-23(47)15-26-41(3,4)29(62-39-35(56)33(54)30(51)21(2)60-39)16-27(50)46(26)19-45(37,46)14-13-43(22,44)7/h20-40,47-57H,9-19H2,1-8H3/t20-,21?,22?,23+,24?,25?,26?,27+,28+,29+,30?,31?,32?,33?,34?,35?,36?,37?,38?,39?,40?,43-,44+,45+,46-/m1/s1. The lowest BCUT2D eigenvalue weighted by Gasteiger charge is -2.65. The van der Waals surface area contributed by atoms with Gasteiger partial charge in [0.2, 0.25) is 0 Å². The summed E-state index contributed by atoms with van der Waals surface area (Å²) in [5, 5.41) is 120. The first kappa shape index (κ1) is 48.8. The van der Waals surface area contributed by atoms with E-state index in [2.05, 4.69) is 34.6 Å². The quantitative estimate of drug-likeness (QED) is 0.122. The van der Waals surface area contributed by atoms with Crippen LogP contribution in [0.15, 0.2) is 0 Å². The van der Waals surface area contributed by atoms with E-state index in [1.807, 2.05) is 0 Å². The summed E-state index contributed by atoms with van der Waals surface area (Å²) < 4.78 is 35.8. The minimum Gasteiger partial charge on any atom is -0.393 e. The normalized spacial score (nSPS) is 55.2. The van der Waals surface area contributed by atoms with Crippen molar-refractivity contribution in [3.63, 3.8) is 0 Å². The minimum absolute atomic E-state index is 0.0215. The number of aliphatic hydroxyl groups is 11. The molecule has 0 aromatic rings. The summed E-state index contributed by atoms with van der Waals surface area (Å²) in [5.41, 5.74) is -2.87. The fourth-order valence-electron chi connectivity index (χ4n) is 15.2. The Hall–Kier alpha value is -0.680. The molecule has 11 N–H and O–H groups in total. The van der Waals surface area contributed by atoms with Crippen LogP contribution in [0.2, 0.25) is 0 Å². The number of rotatable bonds is 11.